The average molecular weight is 295 g/mol. The Balaban J connectivity index is 2.27. The van der Waals surface area contributed by atoms with Crippen molar-refractivity contribution in [1.29, 1.82) is 0 Å². The second-order valence-corrected chi connectivity index (χ2v) is 5.99. The zero-order valence-corrected chi connectivity index (χ0v) is 11.6. The molecule has 7 heteroatoms. The molecule has 1 aromatic carbocycles. The van der Waals surface area contributed by atoms with Crippen LogP contribution in [0.2, 0.25) is 0 Å². The molecule has 1 unspecified atom stereocenters. The standard InChI is InChI=1S/C13H14FN3O2S/c1-9(11-4-2-3-5-12(11)14)17-20(18,19)10-6-7-16-13(15)8-10/h2-9,17H,1H3,(H2,15,16). The van der Waals surface area contributed by atoms with Crippen LogP contribution in [0.3, 0.4) is 0 Å². The molecule has 2 rings (SSSR count). The summed E-state index contributed by atoms with van der Waals surface area (Å²) in [5.74, 6) is -0.358. The summed E-state index contributed by atoms with van der Waals surface area (Å²) in [6, 6.07) is 7.88. The number of nitrogen functional groups attached to an aromatic ring is 1. The molecule has 0 aliphatic heterocycles. The van der Waals surface area contributed by atoms with Crippen molar-refractivity contribution in [3.63, 3.8) is 0 Å². The van der Waals surface area contributed by atoms with Gasteiger partial charge in [-0.3, -0.25) is 0 Å². The first-order chi connectivity index (χ1) is 9.40. The molecule has 1 heterocycles. The van der Waals surface area contributed by atoms with Gasteiger partial charge in [0.15, 0.2) is 0 Å². The summed E-state index contributed by atoms with van der Waals surface area (Å²) in [6.45, 7) is 1.57. The van der Waals surface area contributed by atoms with Gasteiger partial charge in [0.25, 0.3) is 0 Å². The number of aromatic nitrogens is 1. The van der Waals surface area contributed by atoms with Crippen LogP contribution in [0.1, 0.15) is 18.5 Å². The number of rotatable bonds is 4. The molecule has 0 amide bonds. The van der Waals surface area contributed by atoms with Gasteiger partial charge in [-0.1, -0.05) is 18.2 Å². The van der Waals surface area contributed by atoms with Crippen LogP contribution in [0.5, 0.6) is 0 Å². The van der Waals surface area contributed by atoms with E-state index in [0.717, 1.165) is 0 Å². The van der Waals surface area contributed by atoms with E-state index in [1.807, 2.05) is 0 Å². The van der Waals surface area contributed by atoms with Crippen molar-refractivity contribution in [2.75, 3.05) is 5.73 Å². The molecule has 0 spiro atoms. The predicted molar refractivity (Wildman–Crippen MR) is 73.8 cm³/mol. The second kappa shape index (κ2) is 5.56. The lowest BCUT2D eigenvalue weighted by atomic mass is 10.1. The Morgan fingerprint density at radius 3 is 2.65 bits per heavy atom. The number of hydrogen-bond donors (Lipinski definition) is 2. The largest absolute Gasteiger partial charge is 0.384 e. The summed E-state index contributed by atoms with van der Waals surface area (Å²) in [4.78, 5) is 3.72. The first-order valence-corrected chi connectivity index (χ1v) is 7.37. The molecule has 20 heavy (non-hydrogen) atoms. The summed E-state index contributed by atoms with van der Waals surface area (Å²) < 4.78 is 40.3. The molecule has 0 fully saturated rings. The van der Waals surface area contributed by atoms with Crippen molar-refractivity contribution >= 4 is 15.8 Å². The Labute approximate surface area is 116 Å². The molecule has 0 bridgehead atoms. The Bertz CT molecular complexity index is 719. The van der Waals surface area contributed by atoms with Crippen LogP contribution < -0.4 is 10.5 Å². The van der Waals surface area contributed by atoms with Crippen molar-refractivity contribution in [1.82, 2.24) is 9.71 Å². The van der Waals surface area contributed by atoms with E-state index in [0.29, 0.717) is 0 Å². The topological polar surface area (TPSA) is 85.1 Å². The highest BCUT2D eigenvalue weighted by Gasteiger charge is 2.20. The molecule has 1 atom stereocenters. The minimum atomic E-state index is -3.78. The van der Waals surface area contributed by atoms with Crippen molar-refractivity contribution in [3.05, 3.63) is 54.0 Å². The zero-order valence-electron chi connectivity index (χ0n) is 10.7. The molecule has 2 aromatic rings. The van der Waals surface area contributed by atoms with Crippen LogP contribution in [0.25, 0.3) is 0 Å². The number of nitrogens with two attached hydrogens (primary N) is 1. The molecule has 106 valence electrons. The highest BCUT2D eigenvalue weighted by atomic mass is 32.2. The lowest BCUT2D eigenvalue weighted by molar-refractivity contribution is 0.550. The monoisotopic (exact) mass is 295 g/mol. The second-order valence-electron chi connectivity index (χ2n) is 4.28. The molecule has 0 saturated heterocycles. The third-order valence-corrected chi connectivity index (χ3v) is 4.30. The highest BCUT2D eigenvalue weighted by Crippen LogP contribution is 2.19. The average Bonchev–Trinajstić information content (AvgIpc) is 2.38. The van der Waals surface area contributed by atoms with Crippen LogP contribution in [-0.2, 0) is 10.0 Å². The normalized spacial score (nSPS) is 13.1. The van der Waals surface area contributed by atoms with Gasteiger partial charge >= 0.3 is 0 Å². The number of nitrogens with zero attached hydrogens (tertiary/aromatic N) is 1. The first kappa shape index (κ1) is 14.4. The summed E-state index contributed by atoms with van der Waals surface area (Å²) in [5.41, 5.74) is 5.73. The van der Waals surface area contributed by atoms with Crippen LogP contribution in [0.4, 0.5) is 10.2 Å². The fourth-order valence-corrected chi connectivity index (χ4v) is 3.03. The molecular formula is C13H14FN3O2S. The van der Waals surface area contributed by atoms with E-state index in [9.17, 15) is 12.8 Å². The van der Waals surface area contributed by atoms with E-state index in [1.165, 1.54) is 30.5 Å². The minimum Gasteiger partial charge on any atom is -0.384 e. The van der Waals surface area contributed by atoms with Gasteiger partial charge in [0.2, 0.25) is 10.0 Å². The fraction of sp³-hybridized carbons (Fsp3) is 0.154. The number of hydrogen-bond acceptors (Lipinski definition) is 4. The lowest BCUT2D eigenvalue weighted by Crippen LogP contribution is -2.27. The quantitative estimate of drug-likeness (QED) is 0.901. The predicted octanol–water partition coefficient (Wildman–Crippen LogP) is 1.84. The third-order valence-electron chi connectivity index (χ3n) is 2.77. The van der Waals surface area contributed by atoms with Crippen molar-refractivity contribution in [3.8, 4) is 0 Å². The number of nitrogens with one attached hydrogen (secondary N) is 1. The SMILES string of the molecule is CC(NS(=O)(=O)c1ccnc(N)c1)c1ccccc1F. The Morgan fingerprint density at radius 1 is 1.30 bits per heavy atom. The van der Waals surface area contributed by atoms with Crippen molar-refractivity contribution in [2.45, 2.75) is 17.9 Å². The van der Waals surface area contributed by atoms with Gasteiger partial charge < -0.3 is 5.73 Å². The number of benzene rings is 1. The van der Waals surface area contributed by atoms with E-state index in [4.69, 9.17) is 5.73 Å². The fourth-order valence-electron chi connectivity index (χ4n) is 1.79. The van der Waals surface area contributed by atoms with Gasteiger partial charge in [-0.15, -0.1) is 0 Å². The molecule has 5 nitrogen and oxygen atoms in total. The van der Waals surface area contributed by atoms with E-state index < -0.39 is 21.9 Å². The van der Waals surface area contributed by atoms with Gasteiger partial charge in [0.05, 0.1) is 4.90 Å². The first-order valence-electron chi connectivity index (χ1n) is 5.88. The van der Waals surface area contributed by atoms with Crippen molar-refractivity contribution in [2.24, 2.45) is 0 Å². The van der Waals surface area contributed by atoms with E-state index in [1.54, 1.807) is 19.1 Å². The number of halogens is 1. The zero-order chi connectivity index (χ0) is 14.8. The van der Waals surface area contributed by atoms with Crippen molar-refractivity contribution < 1.29 is 12.8 Å². The molecule has 0 radical (unpaired) electrons. The lowest BCUT2D eigenvalue weighted by Gasteiger charge is -2.15. The van der Waals surface area contributed by atoms with E-state index >= 15 is 0 Å². The van der Waals surface area contributed by atoms with Crippen LogP contribution in [0, 0.1) is 5.82 Å². The van der Waals surface area contributed by atoms with Gasteiger partial charge in [0.1, 0.15) is 11.6 Å². The molecule has 0 aliphatic carbocycles. The molecule has 1 aromatic heterocycles. The van der Waals surface area contributed by atoms with E-state index in [2.05, 4.69) is 9.71 Å². The summed E-state index contributed by atoms with van der Waals surface area (Å²) in [7, 11) is -3.78. The molecule has 3 N–H and O–H groups in total. The van der Waals surface area contributed by atoms with Gasteiger partial charge in [0, 0.05) is 23.9 Å². The Hall–Kier alpha value is -1.99. The maximum atomic E-state index is 13.6. The maximum Gasteiger partial charge on any atom is 0.241 e. The van der Waals surface area contributed by atoms with Crippen LogP contribution in [0.15, 0.2) is 47.5 Å². The van der Waals surface area contributed by atoms with Crippen LogP contribution in [-0.4, -0.2) is 13.4 Å². The molecular weight excluding hydrogens is 281 g/mol. The van der Waals surface area contributed by atoms with Gasteiger partial charge in [-0.2, -0.15) is 0 Å². The molecule has 0 aliphatic rings. The minimum absolute atomic E-state index is 0.00631. The third kappa shape index (κ3) is 3.12. The Morgan fingerprint density at radius 2 is 2.00 bits per heavy atom. The number of pyridine rings is 1. The number of sulfonamides is 1. The van der Waals surface area contributed by atoms with Gasteiger partial charge in [-0.05, 0) is 19.1 Å². The smallest absolute Gasteiger partial charge is 0.241 e. The number of anilines is 1. The maximum absolute atomic E-state index is 13.6. The summed E-state index contributed by atoms with van der Waals surface area (Å²) in [5, 5.41) is 0. The van der Waals surface area contributed by atoms with E-state index in [-0.39, 0.29) is 16.3 Å². The highest BCUT2D eigenvalue weighted by molar-refractivity contribution is 7.89. The Kier molecular flexibility index (Phi) is 4.01. The van der Waals surface area contributed by atoms with Gasteiger partial charge in [-0.25, -0.2) is 22.5 Å². The summed E-state index contributed by atoms with van der Waals surface area (Å²) in [6.07, 6.45) is 1.30. The summed E-state index contributed by atoms with van der Waals surface area (Å²) >= 11 is 0. The molecule has 0 saturated carbocycles. The van der Waals surface area contributed by atoms with Crippen LogP contribution >= 0.6 is 0 Å².